The van der Waals surface area contributed by atoms with Crippen molar-refractivity contribution in [3.63, 3.8) is 0 Å². The number of aliphatic hydroxyl groups excluding tert-OH is 1. The number of nitrogens with one attached hydrogen (secondary N) is 1. The van der Waals surface area contributed by atoms with Gasteiger partial charge in [-0.25, -0.2) is 9.78 Å². The molecule has 2 amide bonds. The molecule has 1 atom stereocenters. The lowest BCUT2D eigenvalue weighted by Crippen LogP contribution is -2.43. The molecule has 1 aliphatic heterocycles. The molecule has 1 unspecified atom stereocenters. The Kier molecular flexibility index (Phi) is 4.93. The summed E-state index contributed by atoms with van der Waals surface area (Å²) in [7, 11) is 0. The molecule has 1 fully saturated rings. The molecule has 1 aromatic heterocycles. The van der Waals surface area contributed by atoms with E-state index in [1.54, 1.807) is 16.2 Å². The monoisotopic (exact) mass is 331 g/mol. The Balaban J connectivity index is 1.65. The van der Waals surface area contributed by atoms with Crippen molar-refractivity contribution < 1.29 is 9.90 Å². The number of amides is 2. The lowest BCUT2D eigenvalue weighted by Gasteiger charge is -2.23. The molecule has 3 rings (SSSR count). The van der Waals surface area contributed by atoms with Gasteiger partial charge in [-0.1, -0.05) is 30.3 Å². The maximum absolute atomic E-state index is 12.3. The average molecular weight is 331 g/mol. The van der Waals surface area contributed by atoms with Gasteiger partial charge in [0.15, 0.2) is 0 Å². The van der Waals surface area contributed by atoms with Gasteiger partial charge in [0, 0.05) is 17.0 Å². The topological polar surface area (TPSA) is 65.5 Å². The predicted octanol–water partition coefficient (Wildman–Crippen LogP) is 2.78. The quantitative estimate of drug-likeness (QED) is 0.905. The Bertz CT molecular complexity index is 672. The standard InChI is InChI=1S/C17H21N3O2S/c1-12-15(23-16(19-12)13-6-3-2-4-7-13)10-18-17(22)20-9-5-8-14(20)11-21/h2-4,6-7,14,21H,5,8-11H2,1H3,(H,18,22). The van der Waals surface area contributed by atoms with Crippen LogP contribution in [0.1, 0.15) is 23.4 Å². The van der Waals surface area contributed by atoms with Crippen molar-refractivity contribution in [2.75, 3.05) is 13.2 Å². The molecule has 2 heterocycles. The summed E-state index contributed by atoms with van der Waals surface area (Å²) in [6, 6.07) is 9.91. The number of nitrogens with zero attached hydrogens (tertiary/aromatic N) is 2. The molecule has 1 aliphatic rings. The molecule has 0 aliphatic carbocycles. The van der Waals surface area contributed by atoms with Crippen molar-refractivity contribution in [2.45, 2.75) is 32.4 Å². The van der Waals surface area contributed by atoms with Gasteiger partial charge in [-0.05, 0) is 19.8 Å². The molecule has 0 radical (unpaired) electrons. The fourth-order valence-corrected chi connectivity index (χ4v) is 3.85. The first-order valence-corrected chi connectivity index (χ1v) is 8.67. The molecule has 1 saturated heterocycles. The fraction of sp³-hybridized carbons (Fsp3) is 0.412. The van der Waals surface area contributed by atoms with Crippen LogP contribution >= 0.6 is 11.3 Å². The number of urea groups is 1. The lowest BCUT2D eigenvalue weighted by atomic mass is 10.2. The molecule has 122 valence electrons. The molecular weight excluding hydrogens is 310 g/mol. The number of carbonyl (C=O) groups excluding carboxylic acids is 1. The SMILES string of the molecule is Cc1nc(-c2ccccc2)sc1CNC(=O)N1CCCC1CO. The molecule has 5 nitrogen and oxygen atoms in total. The summed E-state index contributed by atoms with van der Waals surface area (Å²) in [5.41, 5.74) is 2.05. The Morgan fingerprint density at radius 2 is 2.22 bits per heavy atom. The van der Waals surface area contributed by atoms with Gasteiger partial charge >= 0.3 is 6.03 Å². The number of carbonyl (C=O) groups is 1. The highest BCUT2D eigenvalue weighted by atomic mass is 32.1. The molecular formula is C17H21N3O2S. The number of aryl methyl sites for hydroxylation is 1. The van der Waals surface area contributed by atoms with Crippen LogP contribution in [-0.2, 0) is 6.54 Å². The first kappa shape index (κ1) is 16.0. The zero-order valence-corrected chi connectivity index (χ0v) is 14.0. The van der Waals surface area contributed by atoms with E-state index in [4.69, 9.17) is 0 Å². The van der Waals surface area contributed by atoms with Gasteiger partial charge in [0.25, 0.3) is 0 Å². The number of hydrogen-bond acceptors (Lipinski definition) is 4. The van der Waals surface area contributed by atoms with Crippen LogP contribution in [0, 0.1) is 6.92 Å². The van der Waals surface area contributed by atoms with Gasteiger partial charge in [-0.3, -0.25) is 0 Å². The van der Waals surface area contributed by atoms with Gasteiger partial charge < -0.3 is 15.3 Å². The van der Waals surface area contributed by atoms with E-state index in [1.165, 1.54) is 0 Å². The van der Waals surface area contributed by atoms with Gasteiger partial charge in [0.05, 0.1) is 24.9 Å². The fourth-order valence-electron chi connectivity index (χ4n) is 2.85. The van der Waals surface area contributed by atoms with Crippen LogP contribution in [0.25, 0.3) is 10.6 Å². The van der Waals surface area contributed by atoms with E-state index >= 15 is 0 Å². The Morgan fingerprint density at radius 1 is 1.43 bits per heavy atom. The van der Waals surface area contributed by atoms with Crippen molar-refractivity contribution in [1.29, 1.82) is 0 Å². The number of aromatic nitrogens is 1. The second-order valence-corrected chi connectivity index (χ2v) is 6.81. The largest absolute Gasteiger partial charge is 0.394 e. The summed E-state index contributed by atoms with van der Waals surface area (Å²) < 4.78 is 0. The van der Waals surface area contributed by atoms with Crippen LogP contribution < -0.4 is 5.32 Å². The lowest BCUT2D eigenvalue weighted by molar-refractivity contribution is 0.157. The summed E-state index contributed by atoms with van der Waals surface area (Å²) >= 11 is 1.61. The Morgan fingerprint density at radius 3 is 2.96 bits per heavy atom. The third kappa shape index (κ3) is 3.54. The highest BCUT2D eigenvalue weighted by Crippen LogP contribution is 2.27. The molecule has 0 spiro atoms. The zero-order chi connectivity index (χ0) is 16.2. The highest BCUT2D eigenvalue weighted by Gasteiger charge is 2.27. The number of likely N-dealkylation sites (tertiary alicyclic amines) is 1. The van der Waals surface area contributed by atoms with E-state index in [1.807, 2.05) is 37.3 Å². The van der Waals surface area contributed by atoms with E-state index in [-0.39, 0.29) is 18.7 Å². The zero-order valence-electron chi connectivity index (χ0n) is 13.2. The van der Waals surface area contributed by atoms with E-state index < -0.39 is 0 Å². The van der Waals surface area contributed by atoms with Gasteiger partial charge in [-0.15, -0.1) is 11.3 Å². The summed E-state index contributed by atoms with van der Waals surface area (Å²) in [5, 5.41) is 13.2. The van der Waals surface area contributed by atoms with Gasteiger partial charge in [0.2, 0.25) is 0 Å². The first-order chi connectivity index (χ1) is 11.2. The minimum absolute atomic E-state index is 0.0329. The normalized spacial score (nSPS) is 17.5. The summed E-state index contributed by atoms with van der Waals surface area (Å²) in [6.07, 6.45) is 1.83. The van der Waals surface area contributed by atoms with Crippen LogP contribution in [-0.4, -0.2) is 40.2 Å². The maximum atomic E-state index is 12.3. The maximum Gasteiger partial charge on any atom is 0.318 e. The van der Waals surface area contributed by atoms with Gasteiger partial charge in [-0.2, -0.15) is 0 Å². The number of aliphatic hydroxyl groups is 1. The average Bonchev–Trinajstić information content (AvgIpc) is 3.20. The molecule has 0 bridgehead atoms. The number of thiazole rings is 1. The molecule has 0 saturated carbocycles. The van der Waals surface area contributed by atoms with E-state index in [0.29, 0.717) is 13.1 Å². The van der Waals surface area contributed by atoms with Crippen LogP contribution in [0.3, 0.4) is 0 Å². The van der Waals surface area contributed by atoms with Crippen LogP contribution in [0.5, 0.6) is 0 Å². The van der Waals surface area contributed by atoms with Crippen molar-refractivity contribution in [1.82, 2.24) is 15.2 Å². The highest BCUT2D eigenvalue weighted by molar-refractivity contribution is 7.15. The van der Waals surface area contributed by atoms with Crippen LogP contribution in [0.4, 0.5) is 4.79 Å². The van der Waals surface area contributed by atoms with Crippen molar-refractivity contribution in [3.05, 3.63) is 40.9 Å². The predicted molar refractivity (Wildman–Crippen MR) is 91.3 cm³/mol. The molecule has 2 aromatic rings. The molecule has 6 heteroatoms. The van der Waals surface area contributed by atoms with Crippen molar-refractivity contribution in [3.8, 4) is 10.6 Å². The van der Waals surface area contributed by atoms with Crippen LogP contribution in [0.15, 0.2) is 30.3 Å². The van der Waals surface area contributed by atoms with Crippen LogP contribution in [0.2, 0.25) is 0 Å². The number of rotatable bonds is 4. The summed E-state index contributed by atoms with van der Waals surface area (Å²) in [6.45, 7) is 3.19. The third-order valence-electron chi connectivity index (χ3n) is 4.16. The number of benzene rings is 1. The van der Waals surface area contributed by atoms with Crippen molar-refractivity contribution in [2.24, 2.45) is 0 Å². The smallest absolute Gasteiger partial charge is 0.318 e. The second kappa shape index (κ2) is 7.10. The molecule has 2 N–H and O–H groups in total. The van der Waals surface area contributed by atoms with E-state index in [0.717, 1.165) is 34.0 Å². The molecule has 23 heavy (non-hydrogen) atoms. The Hall–Kier alpha value is -1.92. The third-order valence-corrected chi connectivity index (χ3v) is 5.37. The number of hydrogen-bond donors (Lipinski definition) is 2. The molecule has 1 aromatic carbocycles. The minimum Gasteiger partial charge on any atom is -0.394 e. The summed E-state index contributed by atoms with van der Waals surface area (Å²) in [4.78, 5) is 19.7. The van der Waals surface area contributed by atoms with E-state index in [2.05, 4.69) is 10.3 Å². The minimum atomic E-state index is -0.101. The van der Waals surface area contributed by atoms with E-state index in [9.17, 15) is 9.90 Å². The van der Waals surface area contributed by atoms with Gasteiger partial charge in [0.1, 0.15) is 5.01 Å². The Labute approximate surface area is 140 Å². The summed E-state index contributed by atoms with van der Waals surface area (Å²) in [5.74, 6) is 0. The van der Waals surface area contributed by atoms with Crippen molar-refractivity contribution >= 4 is 17.4 Å². The first-order valence-electron chi connectivity index (χ1n) is 7.86. The second-order valence-electron chi connectivity index (χ2n) is 5.72.